The summed E-state index contributed by atoms with van der Waals surface area (Å²) in [5.74, 6) is -2.70. The molecule has 1 aromatic carbocycles. The van der Waals surface area contributed by atoms with E-state index in [1.165, 1.54) is 0 Å². The van der Waals surface area contributed by atoms with E-state index in [0.717, 1.165) is 44.2 Å². The fourth-order valence-corrected chi connectivity index (χ4v) is 2.31. The molecule has 0 amide bonds. The number of halogens is 3. The Morgan fingerprint density at radius 2 is 1.47 bits per heavy atom. The number of benzene rings is 1. The van der Waals surface area contributed by atoms with Crippen LogP contribution in [0.2, 0.25) is 0 Å². The van der Waals surface area contributed by atoms with Crippen LogP contribution in [0.4, 0.5) is 13.2 Å². The van der Waals surface area contributed by atoms with E-state index in [1.54, 1.807) is 0 Å². The van der Waals surface area contributed by atoms with Crippen LogP contribution in [0.3, 0.4) is 0 Å². The first-order chi connectivity index (χ1) is 7.20. The Balaban J connectivity index is 2.36. The molecule has 1 fully saturated rings. The summed E-state index contributed by atoms with van der Waals surface area (Å²) in [6.45, 7) is 0. The number of hydrogen-bond donors (Lipinski definition) is 0. The van der Waals surface area contributed by atoms with E-state index in [2.05, 4.69) is 0 Å². The van der Waals surface area contributed by atoms with Crippen molar-refractivity contribution in [3.05, 3.63) is 35.1 Å². The van der Waals surface area contributed by atoms with Gasteiger partial charge in [-0.2, -0.15) is 0 Å². The van der Waals surface area contributed by atoms with E-state index >= 15 is 0 Å². The summed E-state index contributed by atoms with van der Waals surface area (Å²) >= 11 is 0. The summed E-state index contributed by atoms with van der Waals surface area (Å²) < 4.78 is 39.8. The Kier molecular flexibility index (Phi) is 2.98. The highest BCUT2D eigenvalue weighted by atomic mass is 19.2. The van der Waals surface area contributed by atoms with E-state index in [4.69, 9.17) is 0 Å². The fourth-order valence-electron chi connectivity index (χ4n) is 2.31. The van der Waals surface area contributed by atoms with Gasteiger partial charge in [-0.25, -0.2) is 13.2 Å². The summed E-state index contributed by atoms with van der Waals surface area (Å²) in [7, 11) is 0. The van der Waals surface area contributed by atoms with Gasteiger partial charge in [-0.1, -0.05) is 19.3 Å². The zero-order chi connectivity index (χ0) is 10.8. The molecular weight excluding hydrogens is 201 g/mol. The predicted octanol–water partition coefficient (Wildman–Crippen LogP) is 4.15. The molecule has 1 aliphatic rings. The van der Waals surface area contributed by atoms with Gasteiger partial charge in [-0.15, -0.1) is 0 Å². The number of rotatable bonds is 1. The highest BCUT2D eigenvalue weighted by Gasteiger charge is 2.24. The number of hydrogen-bond acceptors (Lipinski definition) is 0. The Hall–Kier alpha value is -0.990. The molecule has 3 heteroatoms. The zero-order valence-electron chi connectivity index (χ0n) is 8.40. The van der Waals surface area contributed by atoms with Gasteiger partial charge in [-0.3, -0.25) is 0 Å². The van der Waals surface area contributed by atoms with Gasteiger partial charge in [-0.05, 0) is 30.9 Å². The molecule has 0 heterocycles. The van der Waals surface area contributed by atoms with Gasteiger partial charge in [0.05, 0.1) is 0 Å². The molecule has 0 aromatic heterocycles. The molecule has 1 saturated carbocycles. The molecule has 82 valence electrons. The van der Waals surface area contributed by atoms with E-state index in [0.29, 0.717) is 0 Å². The van der Waals surface area contributed by atoms with E-state index in [9.17, 15) is 13.2 Å². The summed E-state index contributed by atoms with van der Waals surface area (Å²) in [4.78, 5) is 0. The molecule has 2 rings (SSSR count). The molecule has 1 aromatic rings. The van der Waals surface area contributed by atoms with Crippen LogP contribution >= 0.6 is 0 Å². The maximum absolute atomic E-state index is 13.4. The molecular formula is C12H13F3. The fraction of sp³-hybridized carbons (Fsp3) is 0.500. The predicted molar refractivity (Wildman–Crippen MR) is 52.1 cm³/mol. The van der Waals surface area contributed by atoms with Crippen LogP contribution in [0.5, 0.6) is 0 Å². The average Bonchev–Trinajstić information content (AvgIpc) is 2.26. The second-order valence-electron chi connectivity index (χ2n) is 4.09. The van der Waals surface area contributed by atoms with Crippen molar-refractivity contribution in [3.63, 3.8) is 0 Å². The Morgan fingerprint density at radius 1 is 0.867 bits per heavy atom. The van der Waals surface area contributed by atoms with Gasteiger partial charge in [0.2, 0.25) is 0 Å². The molecule has 1 aliphatic carbocycles. The zero-order valence-corrected chi connectivity index (χ0v) is 8.40. The van der Waals surface area contributed by atoms with E-state index < -0.39 is 17.5 Å². The summed E-state index contributed by atoms with van der Waals surface area (Å²) in [6.07, 6.45) is 4.57. The molecule has 0 bridgehead atoms. The first-order valence-corrected chi connectivity index (χ1v) is 5.33. The van der Waals surface area contributed by atoms with Crippen molar-refractivity contribution in [2.24, 2.45) is 0 Å². The molecule has 0 N–H and O–H groups in total. The first kappa shape index (κ1) is 10.5. The normalized spacial score (nSPS) is 18.1. The van der Waals surface area contributed by atoms with Gasteiger partial charge in [0.25, 0.3) is 0 Å². The van der Waals surface area contributed by atoms with Gasteiger partial charge >= 0.3 is 0 Å². The van der Waals surface area contributed by atoms with Crippen molar-refractivity contribution in [1.82, 2.24) is 0 Å². The molecule has 0 atom stereocenters. The lowest BCUT2D eigenvalue weighted by Gasteiger charge is -2.22. The third-order valence-corrected chi connectivity index (χ3v) is 3.09. The molecule has 0 unspecified atom stereocenters. The lowest BCUT2D eigenvalue weighted by Crippen LogP contribution is -2.10. The first-order valence-electron chi connectivity index (χ1n) is 5.33. The van der Waals surface area contributed by atoms with Crippen molar-refractivity contribution in [1.29, 1.82) is 0 Å². The lowest BCUT2D eigenvalue weighted by molar-refractivity contribution is 0.399. The topological polar surface area (TPSA) is 0 Å². The van der Waals surface area contributed by atoms with Crippen LogP contribution in [-0.4, -0.2) is 0 Å². The van der Waals surface area contributed by atoms with Crippen molar-refractivity contribution < 1.29 is 13.2 Å². The lowest BCUT2D eigenvalue weighted by atomic mass is 9.83. The van der Waals surface area contributed by atoms with Gasteiger partial charge in [0.15, 0.2) is 11.6 Å². The highest BCUT2D eigenvalue weighted by molar-refractivity contribution is 5.25. The van der Waals surface area contributed by atoms with Crippen LogP contribution in [0.25, 0.3) is 0 Å². The average molecular weight is 214 g/mol. The summed E-state index contributed by atoms with van der Waals surface area (Å²) in [6, 6.07) is 1.86. The SMILES string of the molecule is Fc1ccc(F)c(C2CCCCC2)c1F. The monoisotopic (exact) mass is 214 g/mol. The minimum Gasteiger partial charge on any atom is -0.207 e. The van der Waals surface area contributed by atoms with Crippen molar-refractivity contribution in [2.45, 2.75) is 38.0 Å². The smallest absolute Gasteiger partial charge is 0.165 e. The van der Waals surface area contributed by atoms with Crippen LogP contribution < -0.4 is 0 Å². The van der Waals surface area contributed by atoms with Gasteiger partial charge in [0.1, 0.15) is 5.82 Å². The van der Waals surface area contributed by atoms with E-state index in [1.807, 2.05) is 0 Å². The van der Waals surface area contributed by atoms with Gasteiger partial charge < -0.3 is 0 Å². The summed E-state index contributed by atoms with van der Waals surface area (Å²) in [5, 5.41) is 0. The van der Waals surface area contributed by atoms with E-state index in [-0.39, 0.29) is 11.5 Å². The maximum atomic E-state index is 13.4. The molecule has 0 nitrogen and oxygen atoms in total. The van der Waals surface area contributed by atoms with Crippen LogP contribution in [0.1, 0.15) is 43.6 Å². The van der Waals surface area contributed by atoms with Crippen molar-refractivity contribution in [3.8, 4) is 0 Å². The Morgan fingerprint density at radius 3 is 2.13 bits per heavy atom. The Labute approximate surface area is 87.1 Å². The molecule has 0 aliphatic heterocycles. The highest BCUT2D eigenvalue weighted by Crippen LogP contribution is 2.35. The Bertz CT molecular complexity index is 354. The minimum absolute atomic E-state index is 0.0466. The van der Waals surface area contributed by atoms with Crippen molar-refractivity contribution in [2.75, 3.05) is 0 Å². The summed E-state index contributed by atoms with van der Waals surface area (Å²) in [5.41, 5.74) is -0.0466. The molecule has 0 radical (unpaired) electrons. The standard InChI is InChI=1S/C12H13F3/c13-9-6-7-10(14)12(15)11(9)8-4-2-1-3-5-8/h6-8H,1-5H2. The second kappa shape index (κ2) is 4.25. The van der Waals surface area contributed by atoms with Gasteiger partial charge in [0, 0.05) is 5.56 Å². The third kappa shape index (κ3) is 2.01. The van der Waals surface area contributed by atoms with Crippen molar-refractivity contribution >= 4 is 0 Å². The van der Waals surface area contributed by atoms with Crippen LogP contribution in [0.15, 0.2) is 12.1 Å². The quantitative estimate of drug-likeness (QED) is 0.616. The largest absolute Gasteiger partial charge is 0.207 e. The minimum atomic E-state index is -0.998. The third-order valence-electron chi connectivity index (χ3n) is 3.09. The molecule has 0 saturated heterocycles. The molecule has 15 heavy (non-hydrogen) atoms. The maximum Gasteiger partial charge on any atom is 0.165 e. The molecule has 0 spiro atoms. The van der Waals surface area contributed by atoms with Crippen LogP contribution in [0, 0.1) is 17.5 Å². The second-order valence-corrected chi connectivity index (χ2v) is 4.09. The van der Waals surface area contributed by atoms with Crippen LogP contribution in [-0.2, 0) is 0 Å².